The molecule has 188 valence electrons. The van der Waals surface area contributed by atoms with Crippen LogP contribution in [0.4, 0.5) is 4.79 Å². The number of hydrogen-bond acceptors (Lipinski definition) is 7. The minimum atomic E-state index is -0.779. The fourth-order valence-electron chi connectivity index (χ4n) is 3.92. The van der Waals surface area contributed by atoms with Crippen molar-refractivity contribution in [2.45, 2.75) is 26.2 Å². The number of benzene rings is 2. The fraction of sp³-hybridized carbons (Fsp3) is 0.423. The first-order chi connectivity index (χ1) is 16.9. The summed E-state index contributed by atoms with van der Waals surface area (Å²) < 4.78 is 20.3. The van der Waals surface area contributed by atoms with E-state index in [0.717, 1.165) is 18.4 Å². The molecule has 0 atom stereocenters. The minimum absolute atomic E-state index is 0.0739. The molecule has 0 saturated carbocycles. The van der Waals surface area contributed by atoms with Crippen molar-refractivity contribution in [1.82, 2.24) is 10.2 Å². The summed E-state index contributed by atoms with van der Waals surface area (Å²) in [4.78, 5) is 38.5. The fourth-order valence-corrected chi connectivity index (χ4v) is 3.92. The Kier molecular flexibility index (Phi) is 9.34. The number of piperidine rings is 1. The number of carbonyl (C=O) groups is 3. The largest absolute Gasteiger partial charge is 0.513 e. The molecule has 2 aromatic rings. The molecule has 0 spiro atoms. The maximum absolute atomic E-state index is 12.8. The van der Waals surface area contributed by atoms with E-state index in [2.05, 4.69) is 5.32 Å². The topological polar surface area (TPSA) is 103 Å². The number of nitrogens with one attached hydrogen (secondary N) is 1. The Hall–Kier alpha value is -3.75. The van der Waals surface area contributed by atoms with Crippen LogP contribution in [0.15, 0.2) is 42.5 Å². The standard InChI is InChI=1S/C26H32N2O7/c1-4-34-26(31)35-21-8-6-20(7-9-21)25(30)27-17-18-11-13-28(14-12-18)24(29)16-19-5-10-22(32-2)23(15-19)33-3/h5-10,15,18H,4,11-14,16-17H2,1-3H3,(H,27,30). The maximum Gasteiger partial charge on any atom is 0.513 e. The van der Waals surface area contributed by atoms with E-state index < -0.39 is 6.16 Å². The van der Waals surface area contributed by atoms with Crippen LogP contribution in [-0.2, 0) is 16.0 Å². The van der Waals surface area contributed by atoms with Gasteiger partial charge in [-0.3, -0.25) is 9.59 Å². The predicted octanol–water partition coefficient (Wildman–Crippen LogP) is 3.45. The zero-order chi connectivity index (χ0) is 25.2. The number of amides is 2. The molecule has 2 aromatic carbocycles. The van der Waals surface area contributed by atoms with Gasteiger partial charge in [-0.25, -0.2) is 4.79 Å². The molecular weight excluding hydrogens is 452 g/mol. The average Bonchev–Trinajstić information content (AvgIpc) is 2.88. The van der Waals surface area contributed by atoms with Crippen LogP contribution < -0.4 is 19.5 Å². The molecule has 35 heavy (non-hydrogen) atoms. The summed E-state index contributed by atoms with van der Waals surface area (Å²) in [5, 5.41) is 2.96. The Morgan fingerprint density at radius 3 is 2.29 bits per heavy atom. The van der Waals surface area contributed by atoms with Gasteiger partial charge in [0.05, 0.1) is 27.2 Å². The second-order valence-electron chi connectivity index (χ2n) is 8.21. The molecular formula is C26H32N2O7. The van der Waals surface area contributed by atoms with E-state index in [4.69, 9.17) is 18.9 Å². The Bertz CT molecular complexity index is 1010. The van der Waals surface area contributed by atoms with Crippen LogP contribution in [0.1, 0.15) is 35.7 Å². The number of carbonyl (C=O) groups excluding carboxylic acids is 3. The van der Waals surface area contributed by atoms with Gasteiger partial charge in [0.15, 0.2) is 11.5 Å². The molecule has 3 rings (SSSR count). The van der Waals surface area contributed by atoms with E-state index in [-0.39, 0.29) is 18.4 Å². The minimum Gasteiger partial charge on any atom is -0.493 e. The van der Waals surface area contributed by atoms with Crippen molar-refractivity contribution in [3.05, 3.63) is 53.6 Å². The van der Waals surface area contributed by atoms with E-state index in [1.54, 1.807) is 51.5 Å². The molecule has 0 unspecified atom stereocenters. The first-order valence-electron chi connectivity index (χ1n) is 11.6. The molecule has 0 bridgehead atoms. The third kappa shape index (κ3) is 7.37. The van der Waals surface area contributed by atoms with Crippen LogP contribution in [0.25, 0.3) is 0 Å². The normalized spacial score (nSPS) is 13.6. The van der Waals surface area contributed by atoms with Gasteiger partial charge in [0, 0.05) is 25.2 Å². The van der Waals surface area contributed by atoms with Gasteiger partial charge in [0.1, 0.15) is 5.75 Å². The molecule has 1 saturated heterocycles. The van der Waals surface area contributed by atoms with Gasteiger partial charge < -0.3 is 29.2 Å². The van der Waals surface area contributed by atoms with Crippen LogP contribution in [0.5, 0.6) is 17.2 Å². The van der Waals surface area contributed by atoms with Crippen molar-refractivity contribution in [3.8, 4) is 17.2 Å². The van der Waals surface area contributed by atoms with Crippen LogP contribution in [0, 0.1) is 5.92 Å². The number of hydrogen-bond donors (Lipinski definition) is 1. The molecule has 2 amide bonds. The summed E-state index contributed by atoms with van der Waals surface area (Å²) >= 11 is 0. The highest BCUT2D eigenvalue weighted by Gasteiger charge is 2.23. The van der Waals surface area contributed by atoms with Crippen molar-refractivity contribution < 1.29 is 33.3 Å². The second-order valence-corrected chi connectivity index (χ2v) is 8.21. The van der Waals surface area contributed by atoms with Gasteiger partial charge in [-0.2, -0.15) is 0 Å². The molecule has 9 nitrogen and oxygen atoms in total. The quantitative estimate of drug-likeness (QED) is 0.429. The number of methoxy groups -OCH3 is 2. The highest BCUT2D eigenvalue weighted by atomic mass is 16.7. The maximum atomic E-state index is 12.8. The van der Waals surface area contributed by atoms with Gasteiger partial charge in [-0.15, -0.1) is 0 Å². The summed E-state index contributed by atoms with van der Waals surface area (Å²) in [6.07, 6.45) is 1.17. The average molecular weight is 485 g/mol. The Morgan fingerprint density at radius 1 is 0.971 bits per heavy atom. The van der Waals surface area contributed by atoms with Crippen molar-refractivity contribution >= 4 is 18.0 Å². The van der Waals surface area contributed by atoms with Gasteiger partial charge in [-0.1, -0.05) is 6.07 Å². The Morgan fingerprint density at radius 2 is 1.66 bits per heavy atom. The highest BCUT2D eigenvalue weighted by molar-refractivity contribution is 5.94. The zero-order valence-electron chi connectivity index (χ0n) is 20.4. The van der Waals surface area contributed by atoms with E-state index >= 15 is 0 Å². The lowest BCUT2D eigenvalue weighted by Crippen LogP contribution is -2.42. The first kappa shape index (κ1) is 25.9. The van der Waals surface area contributed by atoms with Gasteiger partial charge in [-0.05, 0) is 67.6 Å². The summed E-state index contributed by atoms with van der Waals surface area (Å²) in [5.74, 6) is 1.73. The Balaban J connectivity index is 1.42. The van der Waals surface area contributed by atoms with Crippen LogP contribution in [0.3, 0.4) is 0 Å². The molecule has 1 N–H and O–H groups in total. The summed E-state index contributed by atoms with van der Waals surface area (Å²) in [7, 11) is 3.15. The summed E-state index contributed by atoms with van der Waals surface area (Å²) in [6, 6.07) is 11.8. The number of rotatable bonds is 9. The Labute approximate surface area is 205 Å². The monoisotopic (exact) mass is 484 g/mol. The summed E-state index contributed by atoms with van der Waals surface area (Å²) in [6.45, 7) is 3.78. The number of likely N-dealkylation sites (tertiary alicyclic amines) is 1. The molecule has 0 aromatic heterocycles. The van der Waals surface area contributed by atoms with E-state index in [0.29, 0.717) is 54.8 Å². The third-order valence-electron chi connectivity index (χ3n) is 5.90. The summed E-state index contributed by atoms with van der Waals surface area (Å²) in [5.41, 5.74) is 1.35. The van der Waals surface area contributed by atoms with Crippen molar-refractivity contribution in [2.75, 3.05) is 40.5 Å². The van der Waals surface area contributed by atoms with Crippen molar-refractivity contribution in [3.63, 3.8) is 0 Å². The molecule has 0 aliphatic carbocycles. The van der Waals surface area contributed by atoms with Gasteiger partial charge in [0.2, 0.25) is 5.91 Å². The molecule has 0 radical (unpaired) electrons. The molecule has 1 aliphatic heterocycles. The second kappa shape index (κ2) is 12.6. The van der Waals surface area contributed by atoms with E-state index in [1.165, 1.54) is 0 Å². The third-order valence-corrected chi connectivity index (χ3v) is 5.90. The van der Waals surface area contributed by atoms with E-state index in [9.17, 15) is 14.4 Å². The lowest BCUT2D eigenvalue weighted by atomic mass is 9.96. The highest BCUT2D eigenvalue weighted by Crippen LogP contribution is 2.28. The van der Waals surface area contributed by atoms with Gasteiger partial charge >= 0.3 is 6.16 Å². The lowest BCUT2D eigenvalue weighted by Gasteiger charge is -2.32. The number of ether oxygens (including phenoxy) is 4. The van der Waals surface area contributed by atoms with Crippen LogP contribution in [0.2, 0.25) is 0 Å². The first-order valence-corrected chi connectivity index (χ1v) is 11.6. The van der Waals surface area contributed by atoms with Crippen LogP contribution in [-0.4, -0.2) is 63.3 Å². The zero-order valence-corrected chi connectivity index (χ0v) is 20.4. The molecule has 1 fully saturated rings. The predicted molar refractivity (Wildman–Crippen MR) is 129 cm³/mol. The lowest BCUT2D eigenvalue weighted by molar-refractivity contribution is -0.131. The SMILES string of the molecule is CCOC(=O)Oc1ccc(C(=O)NCC2CCN(C(=O)Cc3ccc(OC)c(OC)c3)CC2)cc1. The number of nitrogens with zero attached hydrogens (tertiary/aromatic N) is 1. The van der Waals surface area contributed by atoms with Gasteiger partial charge in [0.25, 0.3) is 5.91 Å². The molecule has 1 aliphatic rings. The van der Waals surface area contributed by atoms with Crippen molar-refractivity contribution in [1.29, 1.82) is 0 Å². The van der Waals surface area contributed by atoms with Crippen molar-refractivity contribution in [2.24, 2.45) is 5.92 Å². The molecule has 9 heteroatoms. The smallest absolute Gasteiger partial charge is 0.493 e. The molecule has 1 heterocycles. The van der Waals surface area contributed by atoms with Crippen LogP contribution >= 0.6 is 0 Å². The van der Waals surface area contributed by atoms with E-state index in [1.807, 2.05) is 17.0 Å².